The summed E-state index contributed by atoms with van der Waals surface area (Å²) in [4.78, 5) is 29.2. The summed E-state index contributed by atoms with van der Waals surface area (Å²) in [5.74, 6) is -1.07. The number of aromatic amines is 1. The SMILES string of the molecule is COC(=O)c1cnc2c(C(N)=O)c(N)[nH]c2c1. The van der Waals surface area contributed by atoms with Crippen LogP contribution in [0, 0.1) is 0 Å². The molecule has 0 bridgehead atoms. The summed E-state index contributed by atoms with van der Waals surface area (Å²) >= 11 is 0. The van der Waals surface area contributed by atoms with Crippen LogP contribution in [0.5, 0.6) is 0 Å². The van der Waals surface area contributed by atoms with Gasteiger partial charge in [0, 0.05) is 6.20 Å². The van der Waals surface area contributed by atoms with Crippen LogP contribution in [0.3, 0.4) is 0 Å². The van der Waals surface area contributed by atoms with E-state index < -0.39 is 11.9 Å². The maximum absolute atomic E-state index is 11.3. The number of primary amides is 1. The summed E-state index contributed by atoms with van der Waals surface area (Å²) in [5.41, 5.74) is 12.0. The Labute approximate surface area is 95.8 Å². The number of pyridine rings is 1. The zero-order valence-corrected chi connectivity index (χ0v) is 8.98. The minimum Gasteiger partial charge on any atom is -0.465 e. The molecule has 0 saturated carbocycles. The van der Waals surface area contributed by atoms with Crippen LogP contribution in [0.25, 0.3) is 11.0 Å². The lowest BCUT2D eigenvalue weighted by Crippen LogP contribution is -2.12. The molecule has 0 saturated heterocycles. The number of anilines is 1. The molecule has 0 fully saturated rings. The highest BCUT2D eigenvalue weighted by atomic mass is 16.5. The highest BCUT2D eigenvalue weighted by Crippen LogP contribution is 2.22. The number of H-pyrrole nitrogens is 1. The second-order valence-electron chi connectivity index (χ2n) is 3.39. The molecule has 5 N–H and O–H groups in total. The predicted octanol–water partition coefficient (Wildman–Crippen LogP) is 0.0306. The van der Waals surface area contributed by atoms with E-state index in [0.717, 1.165) is 0 Å². The van der Waals surface area contributed by atoms with E-state index >= 15 is 0 Å². The normalized spacial score (nSPS) is 10.4. The second-order valence-corrected chi connectivity index (χ2v) is 3.39. The van der Waals surface area contributed by atoms with E-state index in [9.17, 15) is 9.59 Å². The molecular formula is C10H10N4O3. The van der Waals surface area contributed by atoms with Crippen LogP contribution in [-0.2, 0) is 4.74 Å². The molecule has 2 aromatic heterocycles. The predicted molar refractivity (Wildman–Crippen MR) is 60.4 cm³/mol. The van der Waals surface area contributed by atoms with E-state index in [1.165, 1.54) is 19.4 Å². The van der Waals surface area contributed by atoms with Crippen LogP contribution < -0.4 is 11.5 Å². The van der Waals surface area contributed by atoms with Crippen LogP contribution in [0.15, 0.2) is 12.3 Å². The summed E-state index contributed by atoms with van der Waals surface area (Å²) in [6.07, 6.45) is 1.30. The fourth-order valence-corrected chi connectivity index (χ4v) is 1.57. The number of nitrogen functional groups attached to an aromatic ring is 1. The number of nitrogens with zero attached hydrogens (tertiary/aromatic N) is 1. The van der Waals surface area contributed by atoms with E-state index in [1.54, 1.807) is 0 Å². The Morgan fingerprint density at radius 2 is 2.18 bits per heavy atom. The van der Waals surface area contributed by atoms with Gasteiger partial charge in [-0.25, -0.2) is 4.79 Å². The van der Waals surface area contributed by atoms with Gasteiger partial charge in [-0.3, -0.25) is 9.78 Å². The zero-order valence-electron chi connectivity index (χ0n) is 8.98. The third-order valence-corrected chi connectivity index (χ3v) is 2.33. The number of amides is 1. The highest BCUT2D eigenvalue weighted by Gasteiger charge is 2.17. The van der Waals surface area contributed by atoms with E-state index in [0.29, 0.717) is 11.0 Å². The van der Waals surface area contributed by atoms with Crippen LogP contribution in [0.2, 0.25) is 0 Å². The number of esters is 1. The zero-order chi connectivity index (χ0) is 12.6. The molecular weight excluding hydrogens is 224 g/mol. The lowest BCUT2D eigenvalue weighted by molar-refractivity contribution is 0.0600. The van der Waals surface area contributed by atoms with Crippen molar-refractivity contribution in [3.05, 3.63) is 23.4 Å². The van der Waals surface area contributed by atoms with Crippen LogP contribution in [-0.4, -0.2) is 29.0 Å². The van der Waals surface area contributed by atoms with Gasteiger partial charge >= 0.3 is 5.97 Å². The third-order valence-electron chi connectivity index (χ3n) is 2.33. The maximum Gasteiger partial charge on any atom is 0.339 e. The molecule has 17 heavy (non-hydrogen) atoms. The minimum atomic E-state index is -0.674. The first kappa shape index (κ1) is 10.9. The molecule has 0 radical (unpaired) electrons. The van der Waals surface area contributed by atoms with Crippen LogP contribution in [0.4, 0.5) is 5.82 Å². The van der Waals surface area contributed by atoms with Gasteiger partial charge in [0.15, 0.2) is 0 Å². The Hall–Kier alpha value is -2.57. The standard InChI is InChI=1S/C10H10N4O3/c1-17-10(16)4-2-5-7(13-3-4)6(9(12)15)8(11)14-5/h2-3,14H,11H2,1H3,(H2,12,15). The van der Waals surface area contributed by atoms with Gasteiger partial charge in [0.25, 0.3) is 5.91 Å². The van der Waals surface area contributed by atoms with E-state index in [4.69, 9.17) is 11.5 Å². The number of hydrogen-bond donors (Lipinski definition) is 3. The Morgan fingerprint density at radius 3 is 2.76 bits per heavy atom. The van der Waals surface area contributed by atoms with Crippen molar-refractivity contribution in [3.63, 3.8) is 0 Å². The number of nitrogens with one attached hydrogen (secondary N) is 1. The van der Waals surface area contributed by atoms with E-state index in [2.05, 4.69) is 14.7 Å². The molecule has 7 heteroatoms. The Balaban J connectivity index is 2.65. The summed E-state index contributed by atoms with van der Waals surface area (Å²) in [5, 5.41) is 0. The number of ether oxygens (including phenoxy) is 1. The molecule has 88 valence electrons. The lowest BCUT2D eigenvalue weighted by atomic mass is 10.2. The van der Waals surface area contributed by atoms with E-state index in [1.807, 2.05) is 0 Å². The number of carbonyl (C=O) groups is 2. The van der Waals surface area contributed by atoms with Gasteiger partial charge in [-0.1, -0.05) is 0 Å². The number of fused-ring (bicyclic) bond motifs is 1. The van der Waals surface area contributed by atoms with Crippen molar-refractivity contribution >= 4 is 28.7 Å². The highest BCUT2D eigenvalue weighted by molar-refractivity contribution is 6.09. The third kappa shape index (κ3) is 1.67. The quantitative estimate of drug-likeness (QED) is 0.632. The first-order valence-electron chi connectivity index (χ1n) is 4.70. The first-order chi connectivity index (χ1) is 8.04. The molecule has 0 spiro atoms. The van der Waals surface area contributed by atoms with Crippen molar-refractivity contribution in [1.29, 1.82) is 0 Å². The topological polar surface area (TPSA) is 124 Å². The van der Waals surface area contributed by atoms with Gasteiger partial charge in [0.2, 0.25) is 0 Å². The molecule has 2 heterocycles. The van der Waals surface area contributed by atoms with Crippen molar-refractivity contribution in [2.75, 3.05) is 12.8 Å². The second kappa shape index (κ2) is 3.78. The largest absolute Gasteiger partial charge is 0.465 e. The van der Waals surface area contributed by atoms with Crippen LogP contribution >= 0.6 is 0 Å². The van der Waals surface area contributed by atoms with Gasteiger partial charge in [-0.15, -0.1) is 0 Å². The van der Waals surface area contributed by atoms with Crippen LogP contribution in [0.1, 0.15) is 20.7 Å². The Morgan fingerprint density at radius 1 is 1.47 bits per heavy atom. The van der Waals surface area contributed by atoms with Gasteiger partial charge in [-0.05, 0) is 6.07 Å². The molecule has 0 atom stereocenters. The number of carbonyl (C=O) groups excluding carboxylic acids is 2. The monoisotopic (exact) mass is 234 g/mol. The minimum absolute atomic E-state index is 0.122. The smallest absolute Gasteiger partial charge is 0.339 e. The average molecular weight is 234 g/mol. The lowest BCUT2D eigenvalue weighted by Gasteiger charge is -1.98. The maximum atomic E-state index is 11.3. The first-order valence-corrected chi connectivity index (χ1v) is 4.70. The summed E-state index contributed by atoms with van der Waals surface area (Å²) < 4.78 is 4.55. The van der Waals surface area contributed by atoms with Gasteiger partial charge in [0.05, 0.1) is 18.2 Å². The van der Waals surface area contributed by atoms with Crippen molar-refractivity contribution in [2.45, 2.75) is 0 Å². The molecule has 0 aromatic carbocycles. The molecule has 0 unspecified atom stereocenters. The number of aromatic nitrogens is 2. The summed E-state index contributed by atoms with van der Waals surface area (Å²) in [6, 6.07) is 1.50. The number of rotatable bonds is 2. The van der Waals surface area contributed by atoms with Crippen molar-refractivity contribution in [1.82, 2.24) is 9.97 Å². The average Bonchev–Trinajstić information content (AvgIpc) is 2.62. The summed E-state index contributed by atoms with van der Waals surface area (Å²) in [6.45, 7) is 0. The van der Waals surface area contributed by atoms with E-state index in [-0.39, 0.29) is 16.9 Å². The molecule has 0 aliphatic rings. The fourth-order valence-electron chi connectivity index (χ4n) is 1.57. The van der Waals surface area contributed by atoms with Gasteiger partial charge < -0.3 is 21.2 Å². The molecule has 1 amide bonds. The Bertz CT molecular complexity index is 617. The molecule has 0 aliphatic carbocycles. The fraction of sp³-hybridized carbons (Fsp3) is 0.100. The molecule has 2 aromatic rings. The molecule has 0 aliphatic heterocycles. The summed E-state index contributed by atoms with van der Waals surface area (Å²) in [7, 11) is 1.27. The molecule has 2 rings (SSSR count). The number of methoxy groups -OCH3 is 1. The number of nitrogens with two attached hydrogens (primary N) is 2. The Kier molecular flexibility index (Phi) is 2.43. The van der Waals surface area contributed by atoms with Crippen molar-refractivity contribution in [2.24, 2.45) is 5.73 Å². The van der Waals surface area contributed by atoms with Crippen molar-refractivity contribution < 1.29 is 14.3 Å². The van der Waals surface area contributed by atoms with Crippen molar-refractivity contribution in [3.8, 4) is 0 Å². The number of hydrogen-bond acceptors (Lipinski definition) is 5. The van der Waals surface area contributed by atoms with Gasteiger partial charge in [-0.2, -0.15) is 0 Å². The van der Waals surface area contributed by atoms with Gasteiger partial charge in [0.1, 0.15) is 16.9 Å². The molecule has 7 nitrogen and oxygen atoms in total.